The van der Waals surface area contributed by atoms with E-state index < -0.39 is 43.0 Å². The van der Waals surface area contributed by atoms with Crippen LogP contribution in [0.25, 0.3) is 0 Å². The van der Waals surface area contributed by atoms with E-state index in [0.29, 0.717) is 5.69 Å². The number of hydrogen-bond acceptors (Lipinski definition) is 8. The van der Waals surface area contributed by atoms with E-state index in [1.165, 1.54) is 43.2 Å². The van der Waals surface area contributed by atoms with Gasteiger partial charge >= 0.3 is 5.97 Å². The van der Waals surface area contributed by atoms with Crippen molar-refractivity contribution in [2.24, 2.45) is 0 Å². The van der Waals surface area contributed by atoms with Gasteiger partial charge < -0.3 is 34.8 Å². The lowest BCUT2D eigenvalue weighted by Gasteiger charge is -2.12. The molecule has 4 atom stereocenters. The highest BCUT2D eigenvalue weighted by Gasteiger charge is 2.48. The van der Waals surface area contributed by atoms with E-state index in [1.807, 2.05) is 0 Å². The predicted molar refractivity (Wildman–Crippen MR) is 102 cm³/mol. The minimum Gasteiger partial charge on any atom is -0.495 e. The van der Waals surface area contributed by atoms with Crippen molar-refractivity contribution in [2.75, 3.05) is 26.1 Å². The van der Waals surface area contributed by atoms with Crippen molar-refractivity contribution < 1.29 is 43.7 Å². The molecule has 0 unspecified atom stereocenters. The number of hydrogen-bond donors (Lipinski definition) is 4. The maximum atomic E-state index is 12.7. The number of aromatic nitrogens is 1. The lowest BCUT2D eigenvalue weighted by Crippen LogP contribution is -2.46. The summed E-state index contributed by atoms with van der Waals surface area (Å²) >= 11 is 0. The first-order valence-corrected chi connectivity index (χ1v) is 9.10. The van der Waals surface area contributed by atoms with Crippen LogP contribution in [0.3, 0.4) is 0 Å². The van der Waals surface area contributed by atoms with Crippen molar-refractivity contribution >= 4 is 17.6 Å². The Morgan fingerprint density at radius 1 is 1.17 bits per heavy atom. The van der Waals surface area contributed by atoms with Crippen LogP contribution in [0.5, 0.6) is 5.75 Å². The third-order valence-corrected chi connectivity index (χ3v) is 4.77. The summed E-state index contributed by atoms with van der Waals surface area (Å²) in [5.74, 6) is -0.729. The number of ether oxygens (including phenoxy) is 3. The Bertz CT molecular complexity index is 935. The Hall–Kier alpha value is -3.05. The quantitative estimate of drug-likeness (QED) is 0.368. The van der Waals surface area contributed by atoms with E-state index in [9.17, 15) is 24.9 Å². The Labute approximate surface area is 172 Å². The summed E-state index contributed by atoms with van der Waals surface area (Å²) in [4.78, 5) is 24.4. The van der Waals surface area contributed by atoms with Gasteiger partial charge in [0.05, 0.1) is 32.1 Å². The van der Waals surface area contributed by atoms with Gasteiger partial charge in [-0.15, -0.1) is 0 Å². The molecule has 1 fully saturated rings. The second-order valence-corrected chi connectivity index (χ2v) is 6.63. The Morgan fingerprint density at radius 3 is 2.57 bits per heavy atom. The SMILES string of the molecule is COC(=O)c1ccc(NC(=O)c2ccc[n+]([C@@H]3O[C@H](CO)[C@@H](O)[C@H]3O)c2)c(OC)c1. The van der Waals surface area contributed by atoms with Crippen molar-refractivity contribution in [1.29, 1.82) is 0 Å². The molecule has 2 aromatic rings. The van der Waals surface area contributed by atoms with Gasteiger partial charge in [0, 0.05) is 6.07 Å². The van der Waals surface area contributed by atoms with Gasteiger partial charge in [0.1, 0.15) is 23.5 Å². The van der Waals surface area contributed by atoms with Gasteiger partial charge in [-0.2, -0.15) is 4.57 Å². The van der Waals surface area contributed by atoms with Crippen LogP contribution in [-0.2, 0) is 9.47 Å². The molecule has 2 heterocycles. The molecule has 1 saturated heterocycles. The van der Waals surface area contributed by atoms with E-state index >= 15 is 0 Å². The molecule has 1 amide bonds. The zero-order valence-electron chi connectivity index (χ0n) is 16.4. The third kappa shape index (κ3) is 4.26. The van der Waals surface area contributed by atoms with Gasteiger partial charge in [-0.1, -0.05) is 0 Å². The molecule has 1 aromatic carbocycles. The lowest BCUT2D eigenvalue weighted by molar-refractivity contribution is -0.765. The molecule has 1 aliphatic heterocycles. The second kappa shape index (κ2) is 9.18. The van der Waals surface area contributed by atoms with E-state index in [0.717, 1.165) is 0 Å². The minimum absolute atomic E-state index is 0.245. The Balaban J connectivity index is 1.80. The van der Waals surface area contributed by atoms with Crippen molar-refractivity contribution in [3.8, 4) is 5.75 Å². The van der Waals surface area contributed by atoms with E-state index in [1.54, 1.807) is 18.3 Å². The molecular formula is C20H23N2O8+. The number of carbonyl (C=O) groups is 2. The van der Waals surface area contributed by atoms with Crippen LogP contribution < -0.4 is 14.6 Å². The van der Waals surface area contributed by atoms with Crippen LogP contribution >= 0.6 is 0 Å². The number of nitrogens with one attached hydrogen (secondary N) is 1. The molecule has 4 N–H and O–H groups in total. The number of methoxy groups -OCH3 is 2. The standard InChI is InChI=1S/C20H22N2O8/c1-28-14-8-11(20(27)29-2)5-6-13(14)21-18(26)12-4-3-7-22(9-12)19-17(25)16(24)15(10-23)30-19/h3-9,15-17,19,23-25H,10H2,1-2H3/p+1/t15-,16-,17-,19-/m1/s1. The summed E-state index contributed by atoms with van der Waals surface area (Å²) in [6.07, 6.45) is -1.38. The first kappa shape index (κ1) is 21.7. The smallest absolute Gasteiger partial charge is 0.337 e. The summed E-state index contributed by atoms with van der Waals surface area (Å²) < 4.78 is 16.8. The molecule has 10 nitrogen and oxygen atoms in total. The van der Waals surface area contributed by atoms with Gasteiger partial charge in [-0.05, 0) is 24.3 Å². The Morgan fingerprint density at radius 2 is 1.93 bits per heavy atom. The number of amides is 1. The Kier molecular flexibility index (Phi) is 6.63. The molecule has 10 heteroatoms. The van der Waals surface area contributed by atoms with Crippen LogP contribution in [0.15, 0.2) is 42.7 Å². The highest BCUT2D eigenvalue weighted by atomic mass is 16.6. The number of rotatable bonds is 6. The molecule has 30 heavy (non-hydrogen) atoms. The molecule has 1 aromatic heterocycles. The summed E-state index contributed by atoms with van der Waals surface area (Å²) in [6.45, 7) is -0.448. The lowest BCUT2D eigenvalue weighted by atomic mass is 10.1. The number of benzene rings is 1. The minimum atomic E-state index is -1.27. The first-order valence-electron chi connectivity index (χ1n) is 9.10. The van der Waals surface area contributed by atoms with Gasteiger partial charge in [0.25, 0.3) is 12.1 Å². The van der Waals surface area contributed by atoms with Gasteiger partial charge in [0.2, 0.25) is 0 Å². The van der Waals surface area contributed by atoms with E-state index in [4.69, 9.17) is 9.47 Å². The van der Waals surface area contributed by atoms with Crippen LogP contribution in [0.2, 0.25) is 0 Å². The summed E-state index contributed by atoms with van der Waals surface area (Å²) in [6, 6.07) is 7.61. The average Bonchev–Trinajstić information content (AvgIpc) is 3.07. The fourth-order valence-electron chi connectivity index (χ4n) is 3.15. The zero-order chi connectivity index (χ0) is 21.8. The number of aliphatic hydroxyl groups is 3. The topological polar surface area (TPSA) is 138 Å². The van der Waals surface area contributed by atoms with Gasteiger partial charge in [-0.25, -0.2) is 4.79 Å². The molecule has 0 saturated carbocycles. The van der Waals surface area contributed by atoms with Gasteiger partial charge in [0.15, 0.2) is 18.5 Å². The molecule has 3 rings (SSSR count). The van der Waals surface area contributed by atoms with Crippen molar-refractivity contribution in [3.63, 3.8) is 0 Å². The maximum absolute atomic E-state index is 12.7. The van der Waals surface area contributed by atoms with Crippen LogP contribution in [0, 0.1) is 0 Å². The molecular weight excluding hydrogens is 396 g/mol. The van der Waals surface area contributed by atoms with E-state index in [-0.39, 0.29) is 16.9 Å². The van der Waals surface area contributed by atoms with E-state index in [2.05, 4.69) is 10.1 Å². The van der Waals surface area contributed by atoms with Crippen LogP contribution in [0.1, 0.15) is 26.9 Å². The summed E-state index contributed by atoms with van der Waals surface area (Å²) in [5, 5.41) is 32.0. The molecule has 0 spiro atoms. The molecule has 0 bridgehead atoms. The number of carbonyl (C=O) groups excluding carboxylic acids is 2. The highest BCUT2D eigenvalue weighted by Crippen LogP contribution is 2.27. The summed E-state index contributed by atoms with van der Waals surface area (Å²) in [7, 11) is 2.67. The average molecular weight is 419 g/mol. The number of aliphatic hydroxyl groups excluding tert-OH is 3. The molecule has 0 aliphatic carbocycles. The fourth-order valence-corrected chi connectivity index (χ4v) is 3.15. The largest absolute Gasteiger partial charge is 0.495 e. The second-order valence-electron chi connectivity index (χ2n) is 6.63. The number of pyridine rings is 1. The van der Waals surface area contributed by atoms with Crippen molar-refractivity contribution in [1.82, 2.24) is 0 Å². The van der Waals surface area contributed by atoms with Crippen molar-refractivity contribution in [3.05, 3.63) is 53.9 Å². The van der Waals surface area contributed by atoms with Crippen LogP contribution in [0.4, 0.5) is 5.69 Å². The summed E-state index contributed by atoms with van der Waals surface area (Å²) in [5.41, 5.74) is 0.863. The van der Waals surface area contributed by atoms with Crippen LogP contribution in [-0.4, -0.2) is 66.3 Å². The molecule has 0 radical (unpaired) electrons. The first-order chi connectivity index (χ1) is 14.4. The molecule has 160 valence electrons. The number of esters is 1. The fraction of sp³-hybridized carbons (Fsp3) is 0.350. The predicted octanol–water partition coefficient (Wildman–Crippen LogP) is -0.367. The zero-order valence-corrected chi connectivity index (χ0v) is 16.4. The van der Waals surface area contributed by atoms with Crippen molar-refractivity contribution in [2.45, 2.75) is 24.5 Å². The highest BCUT2D eigenvalue weighted by molar-refractivity contribution is 6.05. The normalized spacial score (nSPS) is 23.1. The molecule has 1 aliphatic rings. The number of nitrogens with zero attached hydrogens (tertiary/aromatic N) is 1. The number of anilines is 1. The van der Waals surface area contributed by atoms with Gasteiger partial charge in [-0.3, -0.25) is 4.79 Å². The monoisotopic (exact) mass is 419 g/mol. The third-order valence-electron chi connectivity index (χ3n) is 4.77. The maximum Gasteiger partial charge on any atom is 0.337 e.